The van der Waals surface area contributed by atoms with E-state index < -0.39 is 0 Å². The number of aromatic nitrogens is 1. The van der Waals surface area contributed by atoms with Gasteiger partial charge in [-0.1, -0.05) is 35.0 Å². The Labute approximate surface area is 128 Å². The van der Waals surface area contributed by atoms with Gasteiger partial charge in [0.2, 0.25) is 0 Å². The summed E-state index contributed by atoms with van der Waals surface area (Å²) in [7, 11) is 0. The molecule has 0 spiro atoms. The lowest BCUT2D eigenvalue weighted by Gasteiger charge is -2.07. The second kappa shape index (κ2) is 8.02. The first kappa shape index (κ1) is 15.0. The molecule has 2 aromatic rings. The van der Waals surface area contributed by atoms with E-state index in [2.05, 4.69) is 39.2 Å². The van der Waals surface area contributed by atoms with E-state index >= 15 is 0 Å². The Bertz CT molecular complexity index is 528. The molecule has 0 aliphatic rings. The van der Waals surface area contributed by atoms with E-state index in [4.69, 9.17) is 4.74 Å². The van der Waals surface area contributed by atoms with Crippen molar-refractivity contribution >= 4 is 15.9 Å². The fraction of sp³-hybridized carbons (Fsp3) is 0.312. The highest BCUT2D eigenvalue weighted by molar-refractivity contribution is 9.10. The molecule has 0 radical (unpaired) electrons. The summed E-state index contributed by atoms with van der Waals surface area (Å²) < 4.78 is 6.79. The number of rotatable bonds is 7. The molecule has 2 rings (SSSR count). The van der Waals surface area contributed by atoms with Crippen LogP contribution >= 0.6 is 15.9 Å². The molecule has 0 fully saturated rings. The van der Waals surface area contributed by atoms with Crippen molar-refractivity contribution < 1.29 is 4.74 Å². The quantitative estimate of drug-likeness (QED) is 0.779. The molecule has 106 valence electrons. The molecule has 20 heavy (non-hydrogen) atoms. The Hall–Kier alpha value is -1.39. The minimum atomic E-state index is 0.550. The van der Waals surface area contributed by atoms with Gasteiger partial charge in [0.1, 0.15) is 12.4 Å². The topological polar surface area (TPSA) is 34.1 Å². The van der Waals surface area contributed by atoms with Crippen LogP contribution in [0.4, 0.5) is 0 Å². The Morgan fingerprint density at radius 3 is 2.85 bits per heavy atom. The second-order valence-electron chi connectivity index (χ2n) is 4.58. The molecule has 0 unspecified atom stereocenters. The summed E-state index contributed by atoms with van der Waals surface area (Å²) in [5.74, 6) is 0.796. The van der Waals surface area contributed by atoms with Crippen LogP contribution in [0.2, 0.25) is 0 Å². The molecule has 0 saturated carbocycles. The SMILES string of the molecule is CCCNCc1ccc(OCc2cccc(Br)c2)cn1. The maximum Gasteiger partial charge on any atom is 0.138 e. The van der Waals surface area contributed by atoms with Crippen LogP contribution in [0.3, 0.4) is 0 Å². The summed E-state index contributed by atoms with van der Waals surface area (Å²) in [5, 5.41) is 3.33. The molecule has 0 aliphatic heterocycles. The first-order chi connectivity index (χ1) is 9.78. The first-order valence-corrected chi connectivity index (χ1v) is 7.60. The molecular formula is C16H19BrN2O. The number of benzene rings is 1. The molecule has 1 heterocycles. The van der Waals surface area contributed by atoms with E-state index in [1.54, 1.807) is 6.20 Å². The Kier molecular flexibility index (Phi) is 6.02. The highest BCUT2D eigenvalue weighted by Gasteiger charge is 1.99. The van der Waals surface area contributed by atoms with Crippen molar-refractivity contribution in [1.29, 1.82) is 0 Å². The highest BCUT2D eigenvalue weighted by Crippen LogP contribution is 2.15. The van der Waals surface area contributed by atoms with Crippen LogP contribution in [0.25, 0.3) is 0 Å². The van der Waals surface area contributed by atoms with Crippen LogP contribution in [0.15, 0.2) is 47.1 Å². The minimum absolute atomic E-state index is 0.550. The van der Waals surface area contributed by atoms with Gasteiger partial charge in [0.15, 0.2) is 0 Å². The number of ether oxygens (including phenoxy) is 1. The third-order valence-electron chi connectivity index (χ3n) is 2.83. The summed E-state index contributed by atoms with van der Waals surface area (Å²) in [6.45, 7) is 4.52. The lowest BCUT2D eigenvalue weighted by atomic mass is 10.2. The van der Waals surface area contributed by atoms with Gasteiger partial charge < -0.3 is 10.1 Å². The zero-order valence-corrected chi connectivity index (χ0v) is 13.2. The molecule has 4 heteroatoms. The molecule has 1 aromatic heterocycles. The van der Waals surface area contributed by atoms with Crippen molar-refractivity contribution in [3.8, 4) is 5.75 Å². The van der Waals surface area contributed by atoms with Gasteiger partial charge in [0.05, 0.1) is 11.9 Å². The number of nitrogens with zero attached hydrogens (tertiary/aromatic N) is 1. The van der Waals surface area contributed by atoms with Gasteiger partial charge in [-0.2, -0.15) is 0 Å². The highest BCUT2D eigenvalue weighted by atomic mass is 79.9. The standard InChI is InChI=1S/C16H19BrN2O/c1-2-8-18-10-15-6-7-16(11-19-15)20-12-13-4-3-5-14(17)9-13/h3-7,9,11,18H,2,8,10,12H2,1H3. The van der Waals surface area contributed by atoms with E-state index in [1.807, 2.05) is 30.3 Å². The predicted molar refractivity (Wildman–Crippen MR) is 84.7 cm³/mol. The molecule has 1 aromatic carbocycles. The van der Waals surface area contributed by atoms with Gasteiger partial charge in [0, 0.05) is 11.0 Å². The summed E-state index contributed by atoms with van der Waals surface area (Å²) in [6, 6.07) is 12.1. The van der Waals surface area contributed by atoms with Crippen LogP contribution < -0.4 is 10.1 Å². The number of hydrogen-bond donors (Lipinski definition) is 1. The van der Waals surface area contributed by atoms with Crippen molar-refractivity contribution in [2.24, 2.45) is 0 Å². The van der Waals surface area contributed by atoms with E-state index in [-0.39, 0.29) is 0 Å². The van der Waals surface area contributed by atoms with Crippen LogP contribution in [0.1, 0.15) is 24.6 Å². The van der Waals surface area contributed by atoms with Crippen molar-refractivity contribution in [1.82, 2.24) is 10.3 Å². The third-order valence-corrected chi connectivity index (χ3v) is 3.32. The lowest BCUT2D eigenvalue weighted by Crippen LogP contribution is -2.14. The Morgan fingerprint density at radius 1 is 1.25 bits per heavy atom. The fourth-order valence-electron chi connectivity index (χ4n) is 1.79. The number of pyridine rings is 1. The van der Waals surface area contributed by atoms with Gasteiger partial charge in [-0.3, -0.25) is 4.98 Å². The van der Waals surface area contributed by atoms with Gasteiger partial charge >= 0.3 is 0 Å². The predicted octanol–water partition coefficient (Wildman–Crippen LogP) is 3.92. The monoisotopic (exact) mass is 334 g/mol. The second-order valence-corrected chi connectivity index (χ2v) is 5.50. The summed E-state index contributed by atoms with van der Waals surface area (Å²) >= 11 is 3.45. The van der Waals surface area contributed by atoms with E-state index in [0.717, 1.165) is 41.0 Å². The zero-order valence-electron chi connectivity index (χ0n) is 11.6. The van der Waals surface area contributed by atoms with Crippen molar-refractivity contribution in [2.45, 2.75) is 26.5 Å². The zero-order chi connectivity index (χ0) is 14.2. The van der Waals surface area contributed by atoms with E-state index in [0.29, 0.717) is 6.61 Å². The summed E-state index contributed by atoms with van der Waals surface area (Å²) in [4.78, 5) is 4.38. The minimum Gasteiger partial charge on any atom is -0.487 e. The number of halogens is 1. The van der Waals surface area contributed by atoms with E-state index in [9.17, 15) is 0 Å². The largest absolute Gasteiger partial charge is 0.487 e. The van der Waals surface area contributed by atoms with Gasteiger partial charge in [0.25, 0.3) is 0 Å². The van der Waals surface area contributed by atoms with Crippen LogP contribution in [-0.2, 0) is 13.2 Å². The normalized spacial score (nSPS) is 10.5. The Balaban J connectivity index is 1.84. The average Bonchev–Trinajstić information content (AvgIpc) is 2.47. The van der Waals surface area contributed by atoms with Crippen LogP contribution in [0, 0.1) is 0 Å². The summed E-state index contributed by atoms with van der Waals surface area (Å²) in [5.41, 5.74) is 2.17. The molecule has 0 saturated heterocycles. The smallest absolute Gasteiger partial charge is 0.138 e. The molecule has 1 N–H and O–H groups in total. The Morgan fingerprint density at radius 2 is 2.15 bits per heavy atom. The first-order valence-electron chi connectivity index (χ1n) is 6.81. The molecular weight excluding hydrogens is 316 g/mol. The number of hydrogen-bond acceptors (Lipinski definition) is 3. The fourth-order valence-corrected chi connectivity index (χ4v) is 2.23. The average molecular weight is 335 g/mol. The number of nitrogens with one attached hydrogen (secondary N) is 1. The van der Waals surface area contributed by atoms with Crippen LogP contribution in [-0.4, -0.2) is 11.5 Å². The molecule has 0 amide bonds. The van der Waals surface area contributed by atoms with E-state index in [1.165, 1.54) is 0 Å². The molecule has 3 nitrogen and oxygen atoms in total. The van der Waals surface area contributed by atoms with Crippen LogP contribution in [0.5, 0.6) is 5.75 Å². The maximum absolute atomic E-state index is 5.72. The van der Waals surface area contributed by atoms with Gasteiger partial charge in [-0.15, -0.1) is 0 Å². The molecule has 0 bridgehead atoms. The van der Waals surface area contributed by atoms with Crippen molar-refractivity contribution in [3.05, 3.63) is 58.3 Å². The van der Waals surface area contributed by atoms with Crippen molar-refractivity contribution in [2.75, 3.05) is 6.54 Å². The molecule has 0 atom stereocenters. The maximum atomic E-state index is 5.72. The van der Waals surface area contributed by atoms with Gasteiger partial charge in [-0.05, 0) is 42.8 Å². The summed E-state index contributed by atoms with van der Waals surface area (Å²) in [6.07, 6.45) is 2.91. The third kappa shape index (κ3) is 4.94. The lowest BCUT2D eigenvalue weighted by molar-refractivity contribution is 0.304. The van der Waals surface area contributed by atoms with Gasteiger partial charge in [-0.25, -0.2) is 0 Å². The molecule has 0 aliphatic carbocycles. The van der Waals surface area contributed by atoms with Crippen molar-refractivity contribution in [3.63, 3.8) is 0 Å².